The zero-order valence-electron chi connectivity index (χ0n) is 11.1. The molecule has 7 nitrogen and oxygen atoms in total. The number of carbonyl (C=O) groups is 2. The van der Waals surface area contributed by atoms with Gasteiger partial charge in [-0.25, -0.2) is 9.86 Å². The minimum atomic E-state index is -1.58. The summed E-state index contributed by atoms with van der Waals surface area (Å²) in [4.78, 5) is 27.0. The molecule has 0 heterocycles. The van der Waals surface area contributed by atoms with Crippen molar-refractivity contribution in [3.8, 4) is 5.75 Å². The highest BCUT2D eigenvalue weighted by atomic mass is 16.7. The summed E-state index contributed by atoms with van der Waals surface area (Å²) >= 11 is 0. The van der Waals surface area contributed by atoms with Crippen LogP contribution in [0.5, 0.6) is 5.75 Å². The Kier molecular flexibility index (Phi) is 5.55. The lowest BCUT2D eigenvalue weighted by atomic mass is 10.2. The van der Waals surface area contributed by atoms with Crippen LogP contribution in [0.1, 0.15) is 5.56 Å². The predicted octanol–water partition coefficient (Wildman–Crippen LogP) is 1.11. The Bertz CT molecular complexity index is 508. The number of ether oxygens (including phenoxy) is 1. The minimum absolute atomic E-state index is 0.0999. The van der Waals surface area contributed by atoms with Crippen molar-refractivity contribution in [1.29, 1.82) is 0 Å². The summed E-state index contributed by atoms with van der Waals surface area (Å²) in [6.07, 6.45) is 0.579. The molecule has 0 spiro atoms. The van der Waals surface area contributed by atoms with Crippen molar-refractivity contribution < 1.29 is 29.4 Å². The fourth-order valence-corrected chi connectivity index (χ4v) is 1.38. The van der Waals surface area contributed by atoms with E-state index >= 15 is 0 Å². The zero-order chi connectivity index (χ0) is 15.1. The summed E-state index contributed by atoms with van der Waals surface area (Å²) in [7, 11) is 2.81. The van der Waals surface area contributed by atoms with Gasteiger partial charge in [-0.05, 0) is 17.7 Å². The highest BCUT2D eigenvalue weighted by molar-refractivity contribution is 5.95. The molecule has 0 saturated heterocycles. The van der Waals surface area contributed by atoms with Crippen molar-refractivity contribution in [2.75, 3.05) is 14.2 Å². The van der Waals surface area contributed by atoms with Crippen molar-refractivity contribution in [2.24, 2.45) is 0 Å². The molecule has 2 N–H and O–H groups in total. The van der Waals surface area contributed by atoms with Crippen LogP contribution in [0, 0.1) is 0 Å². The van der Waals surface area contributed by atoms with Gasteiger partial charge in [0.1, 0.15) is 5.75 Å². The van der Waals surface area contributed by atoms with E-state index in [-0.39, 0.29) is 6.54 Å². The smallest absolute Gasteiger partial charge is 0.371 e. The number of methoxy groups -OCH3 is 1. The van der Waals surface area contributed by atoms with Crippen LogP contribution in [0.2, 0.25) is 0 Å². The molecule has 1 rings (SSSR count). The second-order valence-electron chi connectivity index (χ2n) is 3.74. The molecule has 0 unspecified atom stereocenters. The monoisotopic (exact) mass is 281 g/mol. The maximum Gasteiger partial charge on any atom is 0.371 e. The molecule has 0 fully saturated rings. The standard InChI is InChI=1S/C13H15NO6/c1-19-10-5-3-9(4-6-10)8-14(20-2)12(16)7-11(15)13(17)18/h3-7,15H,8H2,1-2H3,(H,17,18)/b11-7-. The van der Waals surface area contributed by atoms with Gasteiger partial charge in [0.25, 0.3) is 5.91 Å². The summed E-state index contributed by atoms with van der Waals surface area (Å²) in [5, 5.41) is 18.4. The van der Waals surface area contributed by atoms with E-state index in [1.165, 1.54) is 7.11 Å². The van der Waals surface area contributed by atoms with Gasteiger partial charge in [0.05, 0.1) is 26.8 Å². The van der Waals surface area contributed by atoms with E-state index in [4.69, 9.17) is 19.8 Å². The topological polar surface area (TPSA) is 96.3 Å². The van der Waals surface area contributed by atoms with Crippen molar-refractivity contribution in [1.82, 2.24) is 5.06 Å². The molecule has 7 heteroatoms. The molecule has 0 aromatic heterocycles. The maximum atomic E-state index is 11.7. The molecule has 20 heavy (non-hydrogen) atoms. The zero-order valence-corrected chi connectivity index (χ0v) is 11.1. The minimum Gasteiger partial charge on any atom is -0.502 e. The average Bonchev–Trinajstić information content (AvgIpc) is 2.44. The van der Waals surface area contributed by atoms with Gasteiger partial charge in [0.2, 0.25) is 5.76 Å². The first-order valence-electron chi connectivity index (χ1n) is 5.60. The summed E-state index contributed by atoms with van der Waals surface area (Å²) < 4.78 is 5.01. The van der Waals surface area contributed by atoms with Crippen molar-refractivity contribution >= 4 is 11.9 Å². The highest BCUT2D eigenvalue weighted by Crippen LogP contribution is 2.13. The number of rotatable bonds is 6. The maximum absolute atomic E-state index is 11.7. The number of hydrogen-bond donors (Lipinski definition) is 2. The lowest BCUT2D eigenvalue weighted by Gasteiger charge is -2.18. The van der Waals surface area contributed by atoms with Crippen LogP contribution in [0.15, 0.2) is 36.1 Å². The lowest BCUT2D eigenvalue weighted by Crippen LogP contribution is -2.28. The van der Waals surface area contributed by atoms with Gasteiger partial charge in [0, 0.05) is 0 Å². The molecule has 1 amide bonds. The number of nitrogens with zero attached hydrogens (tertiary/aromatic N) is 1. The van der Waals surface area contributed by atoms with Gasteiger partial charge in [-0.15, -0.1) is 0 Å². The fraction of sp³-hybridized carbons (Fsp3) is 0.231. The third-order valence-electron chi connectivity index (χ3n) is 2.43. The van der Waals surface area contributed by atoms with Crippen LogP contribution < -0.4 is 4.74 Å². The van der Waals surface area contributed by atoms with Crippen LogP contribution >= 0.6 is 0 Å². The fourth-order valence-electron chi connectivity index (χ4n) is 1.38. The van der Waals surface area contributed by atoms with E-state index in [9.17, 15) is 9.59 Å². The van der Waals surface area contributed by atoms with Gasteiger partial charge >= 0.3 is 5.97 Å². The van der Waals surface area contributed by atoms with E-state index in [0.29, 0.717) is 11.8 Å². The molecule has 0 aliphatic carbocycles. The first-order chi connectivity index (χ1) is 9.47. The number of aliphatic hydroxyl groups excluding tert-OH is 1. The molecule has 1 aromatic carbocycles. The number of aliphatic carboxylic acids is 1. The van der Waals surface area contributed by atoms with Crippen molar-refractivity contribution in [3.63, 3.8) is 0 Å². The molecule has 108 valence electrons. The summed E-state index contributed by atoms with van der Waals surface area (Å²) in [5.74, 6) is -2.73. The average molecular weight is 281 g/mol. The quantitative estimate of drug-likeness (QED) is 0.460. The lowest BCUT2D eigenvalue weighted by molar-refractivity contribution is -0.173. The Balaban J connectivity index is 2.78. The molecule has 1 aromatic rings. The van der Waals surface area contributed by atoms with E-state index in [2.05, 4.69) is 0 Å². The Morgan fingerprint density at radius 3 is 2.25 bits per heavy atom. The van der Waals surface area contributed by atoms with Crippen LogP contribution in [0.4, 0.5) is 0 Å². The van der Waals surface area contributed by atoms with Crippen molar-refractivity contribution in [2.45, 2.75) is 6.54 Å². The van der Waals surface area contributed by atoms with Crippen LogP contribution in [0.3, 0.4) is 0 Å². The van der Waals surface area contributed by atoms with Gasteiger partial charge in [-0.3, -0.25) is 9.63 Å². The summed E-state index contributed by atoms with van der Waals surface area (Å²) in [5.41, 5.74) is 0.754. The number of hydrogen-bond acceptors (Lipinski definition) is 5. The van der Waals surface area contributed by atoms with Crippen LogP contribution in [-0.2, 0) is 21.0 Å². The third kappa shape index (κ3) is 4.29. The summed E-state index contributed by atoms with van der Waals surface area (Å²) in [6, 6.07) is 6.91. The van der Waals surface area contributed by atoms with Gasteiger partial charge in [-0.2, -0.15) is 0 Å². The van der Waals surface area contributed by atoms with Gasteiger partial charge in [-0.1, -0.05) is 12.1 Å². The number of hydroxylamine groups is 2. The molecule has 0 bridgehead atoms. The Labute approximate surface area is 115 Å². The van der Waals surface area contributed by atoms with E-state index < -0.39 is 17.6 Å². The third-order valence-corrected chi connectivity index (χ3v) is 2.43. The Hall–Kier alpha value is -2.54. The van der Waals surface area contributed by atoms with Crippen LogP contribution in [-0.4, -0.2) is 41.4 Å². The predicted molar refractivity (Wildman–Crippen MR) is 68.9 cm³/mol. The number of amides is 1. The molecule has 0 atom stereocenters. The van der Waals surface area contributed by atoms with Gasteiger partial charge < -0.3 is 14.9 Å². The second kappa shape index (κ2) is 7.15. The molecular formula is C13H15NO6. The van der Waals surface area contributed by atoms with Gasteiger partial charge in [0.15, 0.2) is 0 Å². The SMILES string of the molecule is COc1ccc(CN(OC)C(=O)/C=C(\O)C(=O)O)cc1. The normalized spacial score (nSPS) is 11.0. The van der Waals surface area contributed by atoms with Crippen LogP contribution in [0.25, 0.3) is 0 Å². The van der Waals surface area contributed by atoms with E-state index in [1.54, 1.807) is 31.4 Å². The number of carbonyl (C=O) groups excluding carboxylic acids is 1. The first-order valence-corrected chi connectivity index (χ1v) is 5.60. The molecule has 0 radical (unpaired) electrons. The Morgan fingerprint density at radius 2 is 1.80 bits per heavy atom. The second-order valence-corrected chi connectivity index (χ2v) is 3.74. The largest absolute Gasteiger partial charge is 0.502 e. The first kappa shape index (κ1) is 15.5. The highest BCUT2D eigenvalue weighted by Gasteiger charge is 2.15. The molecule has 0 aliphatic heterocycles. The van der Waals surface area contributed by atoms with E-state index in [1.807, 2.05) is 0 Å². The molecule has 0 saturated carbocycles. The van der Waals surface area contributed by atoms with E-state index in [0.717, 1.165) is 10.6 Å². The number of carboxylic acid groups (broad SMARTS) is 1. The molecular weight excluding hydrogens is 266 g/mol. The number of carboxylic acids is 1. The summed E-state index contributed by atoms with van der Waals surface area (Å²) in [6.45, 7) is 0.0999. The van der Waals surface area contributed by atoms with Crippen molar-refractivity contribution in [3.05, 3.63) is 41.7 Å². The number of benzene rings is 1. The number of aliphatic hydroxyl groups is 1. The Morgan fingerprint density at radius 1 is 1.20 bits per heavy atom. The molecule has 0 aliphatic rings.